The number of carbonyl (C=O) groups excluding carboxylic acids is 1. The number of aryl methyl sites for hydroxylation is 1. The third-order valence-electron chi connectivity index (χ3n) is 3.81. The van der Waals surface area contributed by atoms with Gasteiger partial charge < -0.3 is 0 Å². The Morgan fingerprint density at radius 1 is 1.22 bits per heavy atom. The van der Waals surface area contributed by atoms with E-state index in [-0.39, 0.29) is 0 Å². The fourth-order valence-electron chi connectivity index (χ4n) is 2.40. The zero-order chi connectivity index (χ0) is 12.5. The number of carbonyl (C=O) groups is 1. The second kappa shape index (κ2) is 5.14. The van der Waals surface area contributed by atoms with Gasteiger partial charge in [-0.1, -0.05) is 0 Å². The van der Waals surface area contributed by atoms with Gasteiger partial charge in [0, 0.05) is 18.0 Å². The summed E-state index contributed by atoms with van der Waals surface area (Å²) in [5, 5.41) is 0. The lowest BCUT2D eigenvalue weighted by Crippen LogP contribution is -2.33. The Morgan fingerprint density at radius 2 is 1.83 bits per heavy atom. The molecule has 3 heteroatoms. The molecular weight excluding hydrogens is 242 g/mol. The molecule has 1 heterocycles. The van der Waals surface area contributed by atoms with Crippen LogP contribution in [0, 0.1) is 18.8 Å². The molecule has 0 spiro atoms. The molecule has 0 radical (unpaired) electrons. The van der Waals surface area contributed by atoms with Crippen molar-refractivity contribution >= 4 is 17.1 Å². The number of hydrogen-bond donors (Lipinski definition) is 0. The zero-order valence-electron chi connectivity index (χ0n) is 11.0. The van der Waals surface area contributed by atoms with Crippen LogP contribution in [0.4, 0.5) is 0 Å². The van der Waals surface area contributed by atoms with Crippen LogP contribution in [0.1, 0.15) is 40.2 Å². The second-order valence-corrected chi connectivity index (χ2v) is 7.20. The van der Waals surface area contributed by atoms with Gasteiger partial charge in [0.15, 0.2) is 5.78 Å². The van der Waals surface area contributed by atoms with E-state index < -0.39 is 0 Å². The van der Waals surface area contributed by atoms with Gasteiger partial charge in [0.25, 0.3) is 0 Å². The summed E-state index contributed by atoms with van der Waals surface area (Å²) < 4.78 is 0. The van der Waals surface area contributed by atoms with Gasteiger partial charge >= 0.3 is 0 Å². The van der Waals surface area contributed by atoms with Gasteiger partial charge in [0.1, 0.15) is 0 Å². The maximum Gasteiger partial charge on any atom is 0.186 e. The normalized spacial score (nSPS) is 19.4. The predicted molar refractivity (Wildman–Crippen MR) is 75.3 cm³/mol. The molecule has 0 saturated heterocycles. The van der Waals surface area contributed by atoms with Gasteiger partial charge in [-0.3, -0.25) is 9.69 Å². The SMILES string of the molecule is Cc1ccc(C(=O)CN(CC2CC2)CC2CC2)s1. The quantitative estimate of drug-likeness (QED) is 0.703. The van der Waals surface area contributed by atoms with Crippen LogP contribution in [0.3, 0.4) is 0 Å². The summed E-state index contributed by atoms with van der Waals surface area (Å²) >= 11 is 1.63. The summed E-state index contributed by atoms with van der Waals surface area (Å²) in [5.74, 6) is 2.07. The van der Waals surface area contributed by atoms with E-state index >= 15 is 0 Å². The van der Waals surface area contributed by atoms with Gasteiger partial charge in [-0.2, -0.15) is 0 Å². The van der Waals surface area contributed by atoms with E-state index in [2.05, 4.69) is 11.8 Å². The average molecular weight is 263 g/mol. The molecule has 2 nitrogen and oxygen atoms in total. The molecule has 18 heavy (non-hydrogen) atoms. The minimum absolute atomic E-state index is 0.314. The third kappa shape index (κ3) is 3.42. The Labute approximate surface area is 113 Å². The number of rotatable bonds is 7. The Balaban J connectivity index is 1.57. The Morgan fingerprint density at radius 3 is 2.28 bits per heavy atom. The van der Waals surface area contributed by atoms with Crippen LogP contribution in [-0.4, -0.2) is 30.3 Å². The van der Waals surface area contributed by atoms with E-state index in [0.29, 0.717) is 12.3 Å². The Bertz CT molecular complexity index is 417. The first kappa shape index (κ1) is 12.4. The molecule has 0 bridgehead atoms. The van der Waals surface area contributed by atoms with Gasteiger partial charge in [0.05, 0.1) is 11.4 Å². The van der Waals surface area contributed by atoms with Crippen molar-refractivity contribution in [1.82, 2.24) is 4.90 Å². The van der Waals surface area contributed by atoms with Gasteiger partial charge in [-0.25, -0.2) is 0 Å². The zero-order valence-corrected chi connectivity index (χ0v) is 11.8. The van der Waals surface area contributed by atoms with Crippen LogP contribution in [0.2, 0.25) is 0 Å². The highest BCUT2D eigenvalue weighted by molar-refractivity contribution is 7.14. The topological polar surface area (TPSA) is 20.3 Å². The molecule has 1 aromatic rings. The summed E-state index contributed by atoms with van der Waals surface area (Å²) in [7, 11) is 0. The van der Waals surface area contributed by atoms with E-state index in [4.69, 9.17) is 0 Å². The van der Waals surface area contributed by atoms with E-state index in [9.17, 15) is 4.79 Å². The number of ketones is 1. The monoisotopic (exact) mass is 263 g/mol. The maximum absolute atomic E-state index is 12.2. The second-order valence-electron chi connectivity index (χ2n) is 5.91. The highest BCUT2D eigenvalue weighted by Gasteiger charge is 2.30. The summed E-state index contributed by atoms with van der Waals surface area (Å²) in [4.78, 5) is 16.8. The maximum atomic E-state index is 12.2. The molecule has 0 N–H and O–H groups in total. The smallest absolute Gasteiger partial charge is 0.186 e. The first-order valence-electron chi connectivity index (χ1n) is 7.02. The molecular formula is C15H21NOS. The van der Waals surface area contributed by atoms with E-state index in [0.717, 1.165) is 29.8 Å². The van der Waals surface area contributed by atoms with Gasteiger partial charge in [0.2, 0.25) is 0 Å². The first-order valence-corrected chi connectivity index (χ1v) is 7.84. The summed E-state index contributed by atoms with van der Waals surface area (Å²) in [5.41, 5.74) is 0. The van der Waals surface area contributed by atoms with Crippen molar-refractivity contribution in [2.45, 2.75) is 32.6 Å². The lowest BCUT2D eigenvalue weighted by molar-refractivity contribution is 0.0928. The first-order chi connectivity index (χ1) is 8.70. The van der Waals surface area contributed by atoms with Crippen molar-refractivity contribution in [2.24, 2.45) is 11.8 Å². The molecule has 2 saturated carbocycles. The molecule has 0 atom stereocenters. The van der Waals surface area contributed by atoms with Crippen molar-refractivity contribution in [3.05, 3.63) is 21.9 Å². The molecule has 0 unspecified atom stereocenters. The number of nitrogens with zero attached hydrogens (tertiary/aromatic N) is 1. The minimum atomic E-state index is 0.314. The van der Waals surface area contributed by atoms with Gasteiger partial charge in [-0.15, -0.1) is 11.3 Å². The minimum Gasteiger partial charge on any atom is -0.295 e. The molecule has 2 fully saturated rings. The van der Waals surface area contributed by atoms with Crippen molar-refractivity contribution in [3.8, 4) is 0 Å². The van der Waals surface area contributed by atoms with Crippen LogP contribution in [0.25, 0.3) is 0 Å². The largest absolute Gasteiger partial charge is 0.295 e. The fourth-order valence-corrected chi connectivity index (χ4v) is 3.20. The van der Waals surface area contributed by atoms with Crippen LogP contribution in [-0.2, 0) is 0 Å². The third-order valence-corrected chi connectivity index (χ3v) is 4.85. The molecule has 98 valence electrons. The molecule has 2 aliphatic rings. The van der Waals surface area contributed by atoms with Crippen LogP contribution < -0.4 is 0 Å². The highest BCUT2D eigenvalue weighted by atomic mass is 32.1. The van der Waals surface area contributed by atoms with E-state index in [1.165, 1.54) is 30.6 Å². The Kier molecular flexibility index (Phi) is 3.53. The highest BCUT2D eigenvalue weighted by Crippen LogP contribution is 2.33. The lowest BCUT2D eigenvalue weighted by Gasteiger charge is -2.20. The lowest BCUT2D eigenvalue weighted by atomic mass is 10.2. The molecule has 1 aromatic heterocycles. The Hall–Kier alpha value is -0.670. The molecule has 0 aliphatic heterocycles. The van der Waals surface area contributed by atoms with Crippen molar-refractivity contribution < 1.29 is 4.79 Å². The predicted octanol–water partition coefficient (Wildman–Crippen LogP) is 3.36. The molecule has 0 amide bonds. The van der Waals surface area contributed by atoms with Crippen molar-refractivity contribution in [3.63, 3.8) is 0 Å². The summed E-state index contributed by atoms with van der Waals surface area (Å²) in [6.07, 6.45) is 5.47. The summed E-state index contributed by atoms with van der Waals surface area (Å²) in [6.45, 7) is 4.99. The van der Waals surface area contributed by atoms with Crippen LogP contribution >= 0.6 is 11.3 Å². The molecule has 3 rings (SSSR count). The standard InChI is InChI=1S/C15H21NOS/c1-11-2-7-15(18-11)14(17)10-16(8-12-3-4-12)9-13-5-6-13/h2,7,12-13H,3-6,8-10H2,1H3. The number of thiophene rings is 1. The fraction of sp³-hybridized carbons (Fsp3) is 0.667. The molecule has 2 aliphatic carbocycles. The average Bonchev–Trinajstić information content (AvgIpc) is 3.23. The van der Waals surface area contributed by atoms with Crippen LogP contribution in [0.5, 0.6) is 0 Å². The van der Waals surface area contributed by atoms with Gasteiger partial charge in [-0.05, 0) is 56.6 Å². The van der Waals surface area contributed by atoms with E-state index in [1.54, 1.807) is 11.3 Å². The van der Waals surface area contributed by atoms with Crippen LogP contribution in [0.15, 0.2) is 12.1 Å². The molecule has 0 aromatic carbocycles. The number of hydrogen-bond acceptors (Lipinski definition) is 3. The number of Topliss-reactive ketones (excluding diaryl/α,β-unsaturated/α-hetero) is 1. The van der Waals surface area contributed by atoms with E-state index in [1.807, 2.05) is 12.1 Å². The van der Waals surface area contributed by atoms with Crippen molar-refractivity contribution in [2.75, 3.05) is 19.6 Å². The summed E-state index contributed by atoms with van der Waals surface area (Å²) in [6, 6.07) is 4.03. The van der Waals surface area contributed by atoms with Crippen molar-refractivity contribution in [1.29, 1.82) is 0 Å².